The summed E-state index contributed by atoms with van der Waals surface area (Å²) >= 11 is 1.63. The van der Waals surface area contributed by atoms with Gasteiger partial charge in [0.25, 0.3) is 0 Å². The first kappa shape index (κ1) is 21.3. The van der Waals surface area contributed by atoms with Gasteiger partial charge in [-0.2, -0.15) is 0 Å². The summed E-state index contributed by atoms with van der Waals surface area (Å²) in [4.78, 5) is 11.3. The first-order chi connectivity index (χ1) is 15.1. The Hall–Kier alpha value is -2.91. The molecule has 1 aromatic heterocycles. The number of allylic oxidation sites excluding steroid dienone is 1. The van der Waals surface area contributed by atoms with E-state index in [9.17, 15) is 4.39 Å². The number of rotatable bonds is 6. The Morgan fingerprint density at radius 1 is 1.39 bits per heavy atom. The van der Waals surface area contributed by atoms with Gasteiger partial charge in [0.15, 0.2) is 6.29 Å². The largest absolute Gasteiger partial charge is 0.496 e. The molecule has 0 saturated carbocycles. The first-order valence-electron chi connectivity index (χ1n) is 10.3. The third-order valence-corrected chi connectivity index (χ3v) is 6.42. The Labute approximate surface area is 185 Å². The van der Waals surface area contributed by atoms with Gasteiger partial charge >= 0.3 is 0 Å². The Morgan fingerprint density at radius 2 is 2.19 bits per heavy atom. The first-order valence-corrected chi connectivity index (χ1v) is 11.1. The third kappa shape index (κ3) is 4.72. The van der Waals surface area contributed by atoms with Crippen LogP contribution >= 0.6 is 11.3 Å². The zero-order chi connectivity index (χ0) is 21.8. The number of nitrogens with one attached hydrogen (secondary N) is 3. The Bertz CT molecular complexity index is 1030. The van der Waals surface area contributed by atoms with Crippen LogP contribution in [0.1, 0.15) is 22.6 Å². The van der Waals surface area contributed by atoms with Gasteiger partial charge in [0, 0.05) is 40.7 Å². The predicted octanol–water partition coefficient (Wildman–Crippen LogP) is 3.21. The number of aryl methyl sites for hydroxylation is 1. The van der Waals surface area contributed by atoms with Crippen molar-refractivity contribution in [3.63, 3.8) is 0 Å². The molecule has 3 heterocycles. The summed E-state index contributed by atoms with van der Waals surface area (Å²) in [6.45, 7) is 4.01. The van der Waals surface area contributed by atoms with Crippen molar-refractivity contribution in [2.24, 2.45) is 15.7 Å². The minimum atomic E-state index is -0.402. The van der Waals surface area contributed by atoms with E-state index < -0.39 is 6.29 Å². The van der Waals surface area contributed by atoms with Crippen LogP contribution in [0.5, 0.6) is 5.75 Å². The predicted molar refractivity (Wildman–Crippen MR) is 126 cm³/mol. The molecule has 5 N–H and O–H groups in total. The van der Waals surface area contributed by atoms with Crippen LogP contribution in [0.4, 0.5) is 10.1 Å². The monoisotopic (exact) mass is 442 g/mol. The molecular weight excluding hydrogens is 415 g/mol. The Balaban J connectivity index is 1.54. The average molecular weight is 443 g/mol. The van der Waals surface area contributed by atoms with Crippen molar-refractivity contribution in [1.82, 2.24) is 10.6 Å². The lowest BCUT2D eigenvalue weighted by atomic mass is 10.0. The number of hydrogen-bond acceptors (Lipinski definition) is 8. The van der Waals surface area contributed by atoms with Crippen LogP contribution in [-0.2, 0) is 0 Å². The standard InChI is InChI=1S/C22H27FN6OS/c1-13-20(17-4-3-14(23)9-18(17)30-2)21-19(31-13)12-27-22(29-21)28-16(10-24)11-26-15-5-7-25-8-6-15/h3-4,9-12,15,22,25,28-29H,5-8,24H2,1-2H3. The number of anilines is 1. The van der Waals surface area contributed by atoms with E-state index in [1.165, 1.54) is 18.3 Å². The van der Waals surface area contributed by atoms with E-state index in [1.807, 2.05) is 13.1 Å². The Morgan fingerprint density at radius 3 is 2.94 bits per heavy atom. The van der Waals surface area contributed by atoms with Gasteiger partial charge in [-0.3, -0.25) is 4.99 Å². The molecule has 9 heteroatoms. The number of hydrogen-bond donors (Lipinski definition) is 4. The molecule has 1 aromatic carbocycles. The minimum Gasteiger partial charge on any atom is -0.496 e. The molecule has 31 heavy (non-hydrogen) atoms. The van der Waals surface area contributed by atoms with Crippen LogP contribution < -0.4 is 26.4 Å². The molecule has 1 saturated heterocycles. The fourth-order valence-corrected chi connectivity index (χ4v) is 4.83. The topological polar surface area (TPSA) is 96.1 Å². The molecule has 0 bridgehead atoms. The molecule has 0 amide bonds. The van der Waals surface area contributed by atoms with Gasteiger partial charge in [0.1, 0.15) is 11.6 Å². The van der Waals surface area contributed by atoms with E-state index in [0.717, 1.165) is 52.5 Å². The lowest BCUT2D eigenvalue weighted by molar-refractivity contribution is 0.413. The van der Waals surface area contributed by atoms with E-state index in [2.05, 4.69) is 25.9 Å². The van der Waals surface area contributed by atoms with Crippen molar-refractivity contribution in [3.8, 4) is 16.9 Å². The smallest absolute Gasteiger partial charge is 0.194 e. The van der Waals surface area contributed by atoms with Crippen molar-refractivity contribution in [1.29, 1.82) is 0 Å². The van der Waals surface area contributed by atoms with Gasteiger partial charge in [-0.15, -0.1) is 11.3 Å². The fraction of sp³-hybridized carbons (Fsp3) is 0.364. The van der Waals surface area contributed by atoms with Crippen LogP contribution in [0.15, 0.2) is 40.1 Å². The van der Waals surface area contributed by atoms with Crippen molar-refractivity contribution in [2.45, 2.75) is 32.1 Å². The lowest BCUT2D eigenvalue weighted by Crippen LogP contribution is -2.37. The molecule has 1 fully saturated rings. The summed E-state index contributed by atoms with van der Waals surface area (Å²) in [5.74, 6) is 0.163. The second-order valence-electron chi connectivity index (χ2n) is 7.47. The number of ether oxygens (including phenoxy) is 1. The number of piperidine rings is 1. The maximum Gasteiger partial charge on any atom is 0.194 e. The van der Waals surface area contributed by atoms with Gasteiger partial charge in [-0.25, -0.2) is 9.38 Å². The number of nitrogens with two attached hydrogens (primary N) is 1. The minimum absolute atomic E-state index is 0.310. The van der Waals surface area contributed by atoms with E-state index in [4.69, 9.17) is 10.5 Å². The maximum atomic E-state index is 13.7. The lowest BCUT2D eigenvalue weighted by Gasteiger charge is -2.24. The van der Waals surface area contributed by atoms with Crippen molar-refractivity contribution >= 4 is 29.5 Å². The molecule has 1 unspecified atom stereocenters. The SMILES string of the molecule is COc1cc(F)ccc1-c1c(C)sc2c1NC(NC(C=NC1CCNCC1)=CN)N=C2. The highest BCUT2D eigenvalue weighted by Crippen LogP contribution is 2.44. The van der Waals surface area contributed by atoms with Crippen LogP contribution in [0, 0.1) is 12.7 Å². The highest BCUT2D eigenvalue weighted by atomic mass is 32.1. The summed E-state index contributed by atoms with van der Waals surface area (Å²) < 4.78 is 19.1. The van der Waals surface area contributed by atoms with Crippen LogP contribution in [-0.4, -0.2) is 45.0 Å². The van der Waals surface area contributed by atoms with Gasteiger partial charge in [-0.05, 0) is 45.0 Å². The summed E-state index contributed by atoms with van der Waals surface area (Å²) in [7, 11) is 1.55. The Kier molecular flexibility index (Phi) is 6.53. The molecule has 7 nitrogen and oxygen atoms in total. The molecule has 1 atom stereocenters. The van der Waals surface area contributed by atoms with Crippen molar-refractivity contribution in [2.75, 3.05) is 25.5 Å². The molecular formula is C22H27FN6OS. The molecule has 4 rings (SSSR count). The highest BCUT2D eigenvalue weighted by Gasteiger charge is 2.24. The molecule has 2 aliphatic heterocycles. The average Bonchev–Trinajstić information content (AvgIpc) is 3.12. The molecule has 0 aliphatic carbocycles. The summed E-state index contributed by atoms with van der Waals surface area (Å²) in [6.07, 6.45) is 6.77. The second kappa shape index (κ2) is 9.49. The number of benzene rings is 1. The zero-order valence-corrected chi connectivity index (χ0v) is 18.4. The third-order valence-electron chi connectivity index (χ3n) is 5.38. The summed E-state index contributed by atoms with van der Waals surface area (Å²) in [5.41, 5.74) is 9.27. The van der Waals surface area contributed by atoms with Crippen molar-refractivity contribution in [3.05, 3.63) is 45.7 Å². The number of methoxy groups -OCH3 is 1. The van der Waals surface area contributed by atoms with Gasteiger partial charge in [0.05, 0.1) is 29.4 Å². The van der Waals surface area contributed by atoms with Gasteiger partial charge < -0.3 is 26.4 Å². The molecule has 2 aliphatic rings. The second-order valence-corrected chi connectivity index (χ2v) is 8.72. The van der Waals surface area contributed by atoms with Gasteiger partial charge in [0.2, 0.25) is 0 Å². The van der Waals surface area contributed by atoms with Gasteiger partial charge in [-0.1, -0.05) is 0 Å². The molecule has 2 aromatic rings. The quantitative estimate of drug-likeness (QED) is 0.515. The molecule has 0 radical (unpaired) electrons. The zero-order valence-electron chi connectivity index (χ0n) is 17.6. The van der Waals surface area contributed by atoms with Crippen LogP contribution in [0.25, 0.3) is 11.1 Å². The number of thiophene rings is 1. The van der Waals surface area contributed by atoms with E-state index in [-0.39, 0.29) is 5.82 Å². The van der Waals surface area contributed by atoms with Crippen molar-refractivity contribution < 1.29 is 9.13 Å². The summed E-state index contributed by atoms with van der Waals surface area (Å²) in [6, 6.07) is 4.90. The number of nitrogens with zero attached hydrogens (tertiary/aromatic N) is 2. The molecule has 164 valence electrons. The highest BCUT2D eigenvalue weighted by molar-refractivity contribution is 7.15. The number of halogens is 1. The fourth-order valence-electron chi connectivity index (χ4n) is 3.81. The number of aliphatic imine (C=N–C) groups is 2. The normalized spacial score (nSPS) is 19.3. The van der Waals surface area contributed by atoms with E-state index in [0.29, 0.717) is 17.5 Å². The van der Waals surface area contributed by atoms with E-state index in [1.54, 1.807) is 30.7 Å². The van der Waals surface area contributed by atoms with Crippen LogP contribution in [0.3, 0.4) is 0 Å². The number of fused-ring (bicyclic) bond motifs is 1. The van der Waals surface area contributed by atoms with Crippen LogP contribution in [0.2, 0.25) is 0 Å². The van der Waals surface area contributed by atoms with E-state index >= 15 is 0 Å². The summed E-state index contributed by atoms with van der Waals surface area (Å²) in [5, 5.41) is 10.1. The molecule has 0 spiro atoms. The maximum absolute atomic E-state index is 13.7.